The zero-order chi connectivity index (χ0) is 8.81. The van der Waals surface area contributed by atoms with Gasteiger partial charge in [-0.15, -0.1) is 0 Å². The summed E-state index contributed by atoms with van der Waals surface area (Å²) in [4.78, 5) is 11.2. The number of hydrogen-bond acceptors (Lipinski definition) is 4. The van der Waals surface area contributed by atoms with Crippen molar-refractivity contribution < 1.29 is 14.6 Å². The Hall–Kier alpha value is -0.650. The standard InChI is InChI=1S/C7H14N2O3/c10-3-1-9-7(11)6-5-12-4-2-8-6/h6,8,10H,1-5H2,(H,9,11). The highest BCUT2D eigenvalue weighted by Gasteiger charge is 2.19. The molecule has 0 aromatic carbocycles. The van der Waals surface area contributed by atoms with Gasteiger partial charge in [0.15, 0.2) is 0 Å². The Kier molecular flexibility index (Phi) is 3.99. The summed E-state index contributed by atoms with van der Waals surface area (Å²) >= 11 is 0. The molecule has 1 atom stereocenters. The van der Waals surface area contributed by atoms with Gasteiger partial charge in [0.05, 0.1) is 19.8 Å². The molecule has 1 saturated heterocycles. The third-order valence-corrected chi connectivity index (χ3v) is 1.65. The summed E-state index contributed by atoms with van der Waals surface area (Å²) in [5.74, 6) is -0.108. The molecule has 0 aromatic heterocycles. The quantitative estimate of drug-likeness (QED) is 0.466. The fourth-order valence-corrected chi connectivity index (χ4v) is 1.04. The van der Waals surface area contributed by atoms with E-state index in [1.54, 1.807) is 0 Å². The van der Waals surface area contributed by atoms with Crippen LogP contribution in [0.5, 0.6) is 0 Å². The Labute approximate surface area is 71.1 Å². The topological polar surface area (TPSA) is 70.6 Å². The number of morpholine rings is 1. The normalized spacial score (nSPS) is 23.6. The van der Waals surface area contributed by atoms with Gasteiger partial charge in [-0.1, -0.05) is 0 Å². The van der Waals surface area contributed by atoms with E-state index in [1.807, 2.05) is 0 Å². The van der Waals surface area contributed by atoms with Gasteiger partial charge in [-0.3, -0.25) is 4.79 Å². The molecule has 1 rings (SSSR count). The first kappa shape index (κ1) is 9.44. The predicted molar refractivity (Wildman–Crippen MR) is 42.7 cm³/mol. The van der Waals surface area contributed by atoms with E-state index in [4.69, 9.17) is 9.84 Å². The molecule has 0 aromatic rings. The average Bonchev–Trinajstić information content (AvgIpc) is 2.15. The van der Waals surface area contributed by atoms with E-state index in [9.17, 15) is 4.79 Å². The molecule has 1 aliphatic heterocycles. The van der Waals surface area contributed by atoms with Crippen LogP contribution >= 0.6 is 0 Å². The Bertz CT molecular complexity index is 146. The van der Waals surface area contributed by atoms with Gasteiger partial charge in [0.25, 0.3) is 0 Å². The predicted octanol–water partition coefficient (Wildman–Crippen LogP) is -1.92. The Balaban J connectivity index is 2.20. The van der Waals surface area contributed by atoms with E-state index in [-0.39, 0.29) is 18.6 Å². The molecule has 70 valence electrons. The number of aliphatic hydroxyl groups excluding tert-OH is 1. The Morgan fingerprint density at radius 1 is 1.75 bits per heavy atom. The van der Waals surface area contributed by atoms with Crippen LogP contribution < -0.4 is 10.6 Å². The number of amides is 1. The Morgan fingerprint density at radius 2 is 2.58 bits per heavy atom. The van der Waals surface area contributed by atoms with E-state index < -0.39 is 0 Å². The van der Waals surface area contributed by atoms with E-state index in [0.29, 0.717) is 26.3 Å². The smallest absolute Gasteiger partial charge is 0.239 e. The first-order valence-electron chi connectivity index (χ1n) is 4.04. The molecule has 0 radical (unpaired) electrons. The van der Waals surface area contributed by atoms with Gasteiger partial charge >= 0.3 is 0 Å². The number of rotatable bonds is 3. The van der Waals surface area contributed by atoms with Gasteiger partial charge in [0, 0.05) is 13.1 Å². The van der Waals surface area contributed by atoms with Crippen LogP contribution in [0, 0.1) is 0 Å². The van der Waals surface area contributed by atoms with Crippen molar-refractivity contribution >= 4 is 5.91 Å². The van der Waals surface area contributed by atoms with E-state index in [2.05, 4.69) is 10.6 Å². The van der Waals surface area contributed by atoms with Crippen molar-refractivity contribution in [3.05, 3.63) is 0 Å². The van der Waals surface area contributed by atoms with Crippen molar-refractivity contribution in [1.29, 1.82) is 0 Å². The number of carbonyl (C=O) groups excluding carboxylic acids is 1. The van der Waals surface area contributed by atoms with Gasteiger partial charge in [0.2, 0.25) is 5.91 Å². The highest BCUT2D eigenvalue weighted by atomic mass is 16.5. The lowest BCUT2D eigenvalue weighted by atomic mass is 10.2. The lowest BCUT2D eigenvalue weighted by Gasteiger charge is -2.22. The maximum Gasteiger partial charge on any atom is 0.239 e. The summed E-state index contributed by atoms with van der Waals surface area (Å²) in [5.41, 5.74) is 0. The second kappa shape index (κ2) is 5.08. The molecule has 0 saturated carbocycles. The van der Waals surface area contributed by atoms with Crippen LogP contribution in [0.15, 0.2) is 0 Å². The second-order valence-corrected chi connectivity index (χ2v) is 2.60. The molecule has 1 unspecified atom stereocenters. The van der Waals surface area contributed by atoms with E-state index in [1.165, 1.54) is 0 Å². The lowest BCUT2D eigenvalue weighted by Crippen LogP contribution is -2.51. The van der Waals surface area contributed by atoms with Crippen LogP contribution in [0.4, 0.5) is 0 Å². The van der Waals surface area contributed by atoms with Crippen molar-refractivity contribution in [2.45, 2.75) is 6.04 Å². The minimum Gasteiger partial charge on any atom is -0.395 e. The third kappa shape index (κ3) is 2.77. The highest BCUT2D eigenvalue weighted by molar-refractivity contribution is 5.81. The summed E-state index contributed by atoms with van der Waals surface area (Å²) < 4.78 is 5.10. The van der Waals surface area contributed by atoms with Crippen molar-refractivity contribution in [3.8, 4) is 0 Å². The minimum absolute atomic E-state index is 0.0285. The largest absolute Gasteiger partial charge is 0.395 e. The Morgan fingerprint density at radius 3 is 3.17 bits per heavy atom. The van der Waals surface area contributed by atoms with Crippen LogP contribution in [-0.2, 0) is 9.53 Å². The average molecular weight is 174 g/mol. The zero-order valence-electron chi connectivity index (χ0n) is 6.88. The van der Waals surface area contributed by atoms with Crippen molar-refractivity contribution in [1.82, 2.24) is 10.6 Å². The van der Waals surface area contributed by atoms with Gasteiger partial charge in [0.1, 0.15) is 6.04 Å². The monoisotopic (exact) mass is 174 g/mol. The van der Waals surface area contributed by atoms with Gasteiger partial charge < -0.3 is 20.5 Å². The zero-order valence-corrected chi connectivity index (χ0v) is 6.88. The molecule has 5 heteroatoms. The summed E-state index contributed by atoms with van der Waals surface area (Å²) in [6.45, 7) is 2.05. The SMILES string of the molecule is O=C(NCCO)C1COCCN1. The molecule has 1 amide bonds. The maximum atomic E-state index is 11.2. The molecule has 0 bridgehead atoms. The highest BCUT2D eigenvalue weighted by Crippen LogP contribution is 1.92. The second-order valence-electron chi connectivity index (χ2n) is 2.60. The lowest BCUT2D eigenvalue weighted by molar-refractivity contribution is -0.126. The number of nitrogens with one attached hydrogen (secondary N) is 2. The molecule has 5 nitrogen and oxygen atoms in total. The molecule has 3 N–H and O–H groups in total. The molecular weight excluding hydrogens is 160 g/mol. The van der Waals surface area contributed by atoms with Crippen molar-refractivity contribution in [2.24, 2.45) is 0 Å². The first-order chi connectivity index (χ1) is 5.84. The molecule has 0 aliphatic carbocycles. The maximum absolute atomic E-state index is 11.2. The van der Waals surface area contributed by atoms with Crippen LogP contribution in [0.25, 0.3) is 0 Å². The van der Waals surface area contributed by atoms with Crippen LogP contribution in [0.2, 0.25) is 0 Å². The first-order valence-corrected chi connectivity index (χ1v) is 4.04. The van der Waals surface area contributed by atoms with Crippen molar-refractivity contribution in [3.63, 3.8) is 0 Å². The summed E-state index contributed by atoms with van der Waals surface area (Å²) in [7, 11) is 0. The summed E-state index contributed by atoms with van der Waals surface area (Å²) in [6.07, 6.45) is 0. The van der Waals surface area contributed by atoms with E-state index in [0.717, 1.165) is 0 Å². The van der Waals surface area contributed by atoms with Crippen LogP contribution in [0.1, 0.15) is 0 Å². The number of aliphatic hydroxyl groups is 1. The van der Waals surface area contributed by atoms with Gasteiger partial charge in [-0.05, 0) is 0 Å². The number of ether oxygens (including phenoxy) is 1. The third-order valence-electron chi connectivity index (χ3n) is 1.65. The molecule has 0 spiro atoms. The fraction of sp³-hybridized carbons (Fsp3) is 0.857. The molecular formula is C7H14N2O3. The molecule has 1 aliphatic rings. The van der Waals surface area contributed by atoms with Gasteiger partial charge in [-0.2, -0.15) is 0 Å². The fourth-order valence-electron chi connectivity index (χ4n) is 1.04. The molecule has 1 fully saturated rings. The number of carbonyl (C=O) groups is 1. The minimum atomic E-state index is -0.259. The van der Waals surface area contributed by atoms with E-state index >= 15 is 0 Å². The summed E-state index contributed by atoms with van der Waals surface area (Å²) in [6, 6.07) is -0.259. The number of hydrogen-bond donors (Lipinski definition) is 3. The van der Waals surface area contributed by atoms with Crippen LogP contribution in [-0.4, -0.2) is 50.0 Å². The van der Waals surface area contributed by atoms with Crippen molar-refractivity contribution in [2.75, 3.05) is 32.9 Å². The molecule has 12 heavy (non-hydrogen) atoms. The van der Waals surface area contributed by atoms with Gasteiger partial charge in [-0.25, -0.2) is 0 Å². The van der Waals surface area contributed by atoms with Crippen LogP contribution in [0.3, 0.4) is 0 Å². The summed E-state index contributed by atoms with van der Waals surface area (Å²) in [5, 5.41) is 14.0. The molecule has 1 heterocycles.